The number of aryl methyl sites for hydroxylation is 1. The second kappa shape index (κ2) is 12.2. The fraction of sp³-hybridized carbons (Fsp3) is 0.625. The maximum absolute atomic E-state index is 13.4. The molecular weight excluding hydrogens is 432 g/mol. The van der Waals surface area contributed by atoms with E-state index in [4.69, 9.17) is 4.74 Å². The highest BCUT2D eigenvalue weighted by atomic mass is 35.5. The third-order valence-corrected chi connectivity index (χ3v) is 6.58. The topological polar surface area (TPSA) is 95.9 Å². The number of carbonyl (C=O) groups is 3. The summed E-state index contributed by atoms with van der Waals surface area (Å²) in [4.78, 5) is 39.3. The minimum Gasteiger partial charge on any atom is -0.480 e. The highest BCUT2D eigenvalue weighted by Gasteiger charge is 2.48. The number of nitrogens with zero attached hydrogens (tertiary/aromatic N) is 1. The van der Waals surface area contributed by atoms with E-state index < -0.39 is 24.1 Å². The molecule has 2 aliphatic rings. The molecule has 1 aromatic carbocycles. The summed E-state index contributed by atoms with van der Waals surface area (Å²) in [6.45, 7) is 3.74. The van der Waals surface area contributed by atoms with Gasteiger partial charge < -0.3 is 14.7 Å². The number of likely N-dealkylation sites (tertiary alicyclic amines) is 1. The highest BCUT2D eigenvalue weighted by molar-refractivity contribution is 5.88. The SMILES string of the molecule is CCOC(=O)C(CCc1ccccc1)N[C@@H](C)C(=O)N1[C@H](C(=O)O)C[C@H]2CCCC[C@@H]21.Cl. The lowest BCUT2D eigenvalue weighted by Crippen LogP contribution is -2.55. The zero-order valence-electron chi connectivity index (χ0n) is 18.9. The number of carbonyl (C=O) groups excluding carboxylic acids is 2. The van der Waals surface area contributed by atoms with Crippen molar-refractivity contribution in [2.45, 2.75) is 83.0 Å². The summed E-state index contributed by atoms with van der Waals surface area (Å²) in [5.74, 6) is -1.31. The number of benzene rings is 1. The third-order valence-electron chi connectivity index (χ3n) is 6.58. The number of halogens is 1. The highest BCUT2D eigenvalue weighted by Crippen LogP contribution is 2.40. The number of hydrogen-bond donors (Lipinski definition) is 2. The van der Waals surface area contributed by atoms with Gasteiger partial charge in [0.1, 0.15) is 12.1 Å². The van der Waals surface area contributed by atoms with Gasteiger partial charge in [-0.3, -0.25) is 14.9 Å². The quantitative estimate of drug-likeness (QED) is 0.542. The van der Waals surface area contributed by atoms with Gasteiger partial charge in [-0.15, -0.1) is 12.4 Å². The maximum Gasteiger partial charge on any atom is 0.326 e. The Balaban J connectivity index is 0.00000363. The molecule has 1 saturated carbocycles. The first kappa shape index (κ1) is 26.1. The van der Waals surface area contributed by atoms with E-state index in [-0.39, 0.29) is 42.9 Å². The largest absolute Gasteiger partial charge is 0.480 e. The van der Waals surface area contributed by atoms with Gasteiger partial charge in [-0.1, -0.05) is 43.2 Å². The van der Waals surface area contributed by atoms with Crippen LogP contribution in [0.3, 0.4) is 0 Å². The number of amides is 1. The van der Waals surface area contributed by atoms with Gasteiger partial charge >= 0.3 is 11.9 Å². The van der Waals surface area contributed by atoms with Crippen molar-refractivity contribution in [3.63, 3.8) is 0 Å². The molecule has 178 valence electrons. The number of carboxylic acid groups (broad SMARTS) is 1. The van der Waals surface area contributed by atoms with E-state index in [1.54, 1.807) is 18.7 Å². The van der Waals surface area contributed by atoms with Crippen LogP contribution in [-0.2, 0) is 25.5 Å². The fourth-order valence-electron chi connectivity index (χ4n) is 5.06. The lowest BCUT2D eigenvalue weighted by Gasteiger charge is -2.35. The first-order chi connectivity index (χ1) is 14.9. The number of rotatable bonds is 9. The molecular formula is C24H35ClN2O5. The number of aliphatic carboxylic acids is 1. The van der Waals surface area contributed by atoms with Crippen LogP contribution in [0.4, 0.5) is 0 Å². The van der Waals surface area contributed by atoms with Crippen LogP contribution >= 0.6 is 12.4 Å². The van der Waals surface area contributed by atoms with Gasteiger partial charge in [0.15, 0.2) is 0 Å². The predicted molar refractivity (Wildman–Crippen MR) is 124 cm³/mol. The Labute approximate surface area is 196 Å². The van der Waals surface area contributed by atoms with E-state index in [1.807, 2.05) is 30.3 Å². The van der Waals surface area contributed by atoms with Crippen LogP contribution in [0.5, 0.6) is 0 Å². The van der Waals surface area contributed by atoms with Crippen molar-refractivity contribution in [1.82, 2.24) is 10.2 Å². The molecule has 2 N–H and O–H groups in total. The molecule has 0 bridgehead atoms. The minimum absolute atomic E-state index is 0. The van der Waals surface area contributed by atoms with E-state index in [0.29, 0.717) is 19.3 Å². The Bertz CT molecular complexity index is 775. The molecule has 1 unspecified atom stereocenters. The standard InChI is InChI=1S/C24H34N2O5.ClH/c1-3-31-24(30)19(14-13-17-9-5-4-6-10-17)25-16(2)22(27)26-20-12-8-7-11-18(20)15-21(26)23(28)29;/h4-6,9-10,16,18-21,25H,3,7-8,11-15H2,1-2H3,(H,28,29);1H/t16-,18+,19?,20-,21-;/m0./s1. The Morgan fingerprint density at radius 2 is 1.88 bits per heavy atom. The number of hydrogen-bond acceptors (Lipinski definition) is 5. The van der Waals surface area contributed by atoms with E-state index in [9.17, 15) is 19.5 Å². The van der Waals surface area contributed by atoms with Crippen LogP contribution in [0.25, 0.3) is 0 Å². The Kier molecular flexibility index (Phi) is 9.97. The second-order valence-electron chi connectivity index (χ2n) is 8.66. The molecule has 1 saturated heterocycles. The number of nitrogens with one attached hydrogen (secondary N) is 1. The summed E-state index contributed by atoms with van der Waals surface area (Å²) in [6.07, 6.45) is 5.62. The zero-order valence-corrected chi connectivity index (χ0v) is 19.7. The predicted octanol–water partition coefficient (Wildman–Crippen LogP) is 3.20. The molecule has 0 radical (unpaired) electrons. The summed E-state index contributed by atoms with van der Waals surface area (Å²) in [7, 11) is 0. The van der Waals surface area contributed by atoms with Crippen molar-refractivity contribution in [1.29, 1.82) is 0 Å². The second-order valence-corrected chi connectivity index (χ2v) is 8.66. The van der Waals surface area contributed by atoms with Gasteiger partial charge in [0.2, 0.25) is 5.91 Å². The number of esters is 1. The van der Waals surface area contributed by atoms with Crippen LogP contribution in [-0.4, -0.2) is 58.6 Å². The molecule has 3 rings (SSSR count). The molecule has 0 aromatic heterocycles. The maximum atomic E-state index is 13.4. The van der Waals surface area contributed by atoms with E-state index >= 15 is 0 Å². The van der Waals surface area contributed by atoms with Crippen molar-refractivity contribution < 1.29 is 24.2 Å². The number of fused-ring (bicyclic) bond motifs is 1. The van der Waals surface area contributed by atoms with E-state index in [0.717, 1.165) is 31.2 Å². The van der Waals surface area contributed by atoms with Gasteiger partial charge in [0.05, 0.1) is 12.6 Å². The minimum atomic E-state index is -0.944. The Hall–Kier alpha value is -2.12. The fourth-order valence-corrected chi connectivity index (χ4v) is 5.06. The molecule has 1 heterocycles. The number of carboxylic acids is 1. The van der Waals surface area contributed by atoms with Gasteiger partial charge in [0, 0.05) is 6.04 Å². The lowest BCUT2D eigenvalue weighted by molar-refractivity contribution is -0.152. The first-order valence-corrected chi connectivity index (χ1v) is 11.4. The molecule has 1 amide bonds. The van der Waals surface area contributed by atoms with Gasteiger partial charge in [-0.25, -0.2) is 4.79 Å². The monoisotopic (exact) mass is 466 g/mol. The molecule has 7 nitrogen and oxygen atoms in total. The summed E-state index contributed by atoms with van der Waals surface area (Å²) < 4.78 is 5.22. The Morgan fingerprint density at radius 3 is 2.53 bits per heavy atom. The van der Waals surface area contributed by atoms with Crippen molar-refractivity contribution in [2.24, 2.45) is 5.92 Å². The normalized spacial score (nSPS) is 24.1. The summed E-state index contributed by atoms with van der Waals surface area (Å²) in [6, 6.07) is 7.75. The first-order valence-electron chi connectivity index (χ1n) is 11.4. The summed E-state index contributed by atoms with van der Waals surface area (Å²) in [5, 5.41) is 12.9. The van der Waals surface area contributed by atoms with Crippen LogP contribution in [0.2, 0.25) is 0 Å². The summed E-state index contributed by atoms with van der Waals surface area (Å²) in [5.41, 5.74) is 1.10. The van der Waals surface area contributed by atoms with E-state index in [1.165, 1.54) is 0 Å². The average Bonchev–Trinajstić information content (AvgIpc) is 3.16. The van der Waals surface area contributed by atoms with Crippen molar-refractivity contribution in [3.05, 3.63) is 35.9 Å². The van der Waals surface area contributed by atoms with Crippen molar-refractivity contribution in [2.75, 3.05) is 6.61 Å². The smallest absolute Gasteiger partial charge is 0.326 e. The molecule has 8 heteroatoms. The molecule has 32 heavy (non-hydrogen) atoms. The van der Waals surface area contributed by atoms with Crippen LogP contribution < -0.4 is 5.32 Å². The van der Waals surface area contributed by atoms with Crippen LogP contribution in [0.1, 0.15) is 57.9 Å². The molecule has 0 spiro atoms. The Morgan fingerprint density at radius 1 is 1.19 bits per heavy atom. The van der Waals surface area contributed by atoms with Crippen LogP contribution in [0, 0.1) is 5.92 Å². The lowest BCUT2D eigenvalue weighted by atomic mass is 9.84. The molecule has 1 aliphatic carbocycles. The van der Waals surface area contributed by atoms with Gasteiger partial charge in [-0.2, -0.15) is 0 Å². The zero-order chi connectivity index (χ0) is 22.4. The van der Waals surface area contributed by atoms with Crippen molar-refractivity contribution >= 4 is 30.3 Å². The van der Waals surface area contributed by atoms with E-state index in [2.05, 4.69) is 5.32 Å². The molecule has 1 aliphatic heterocycles. The van der Waals surface area contributed by atoms with Gasteiger partial charge in [-0.05, 0) is 57.4 Å². The molecule has 5 atom stereocenters. The van der Waals surface area contributed by atoms with Crippen LogP contribution in [0.15, 0.2) is 30.3 Å². The number of ether oxygens (including phenoxy) is 1. The molecule has 1 aromatic rings. The molecule has 2 fully saturated rings. The summed E-state index contributed by atoms with van der Waals surface area (Å²) >= 11 is 0. The average molecular weight is 467 g/mol. The van der Waals surface area contributed by atoms with Crippen molar-refractivity contribution in [3.8, 4) is 0 Å². The third kappa shape index (κ3) is 6.23. The van der Waals surface area contributed by atoms with Gasteiger partial charge in [0.25, 0.3) is 0 Å².